The average molecular weight is 524 g/mol. The number of thiazole rings is 1. The summed E-state index contributed by atoms with van der Waals surface area (Å²) >= 11 is 8.90. The first-order chi connectivity index (χ1) is 15.8. The van der Waals surface area contributed by atoms with Gasteiger partial charge in [-0.1, -0.05) is 17.7 Å². The Morgan fingerprint density at radius 3 is 2.88 bits per heavy atom. The lowest BCUT2D eigenvalue weighted by Crippen LogP contribution is -2.36. The number of thiophene rings is 1. The fraction of sp³-hybridized carbons (Fsp3) is 0.150. The molecule has 0 saturated carbocycles. The quantitative estimate of drug-likeness (QED) is 0.313. The van der Waals surface area contributed by atoms with Crippen molar-refractivity contribution in [1.29, 1.82) is 0 Å². The number of nitrogens with one attached hydrogen (secondary N) is 2. The van der Waals surface area contributed by atoms with E-state index in [0.717, 1.165) is 27.0 Å². The zero-order valence-corrected chi connectivity index (χ0v) is 20.4. The van der Waals surface area contributed by atoms with Crippen LogP contribution in [0.4, 0.5) is 21.4 Å². The van der Waals surface area contributed by atoms with Gasteiger partial charge in [0.25, 0.3) is 10.1 Å². The van der Waals surface area contributed by atoms with Crippen molar-refractivity contribution in [3.8, 4) is 0 Å². The van der Waals surface area contributed by atoms with Crippen LogP contribution in [-0.2, 0) is 20.8 Å². The van der Waals surface area contributed by atoms with Gasteiger partial charge in [-0.2, -0.15) is 13.5 Å². The van der Waals surface area contributed by atoms with Crippen LogP contribution >= 0.6 is 34.3 Å². The summed E-state index contributed by atoms with van der Waals surface area (Å²) in [5, 5.41) is 10.2. The van der Waals surface area contributed by atoms with E-state index in [1.54, 1.807) is 35.9 Å². The molecule has 0 radical (unpaired) electrons. The number of pyridine rings is 1. The number of benzene rings is 1. The lowest BCUT2D eigenvalue weighted by Gasteiger charge is -2.20. The Morgan fingerprint density at radius 1 is 1.24 bits per heavy atom. The van der Waals surface area contributed by atoms with E-state index in [4.69, 9.17) is 15.9 Å². The number of anilines is 3. The number of aromatic nitrogens is 2. The first-order valence-electron chi connectivity index (χ1n) is 9.55. The first-order valence-corrected chi connectivity index (χ1v) is 13.4. The summed E-state index contributed by atoms with van der Waals surface area (Å²) in [4.78, 5) is 22.3. The molecule has 13 heteroatoms. The number of carbonyl (C=O) groups excluding carboxylic acids is 1. The van der Waals surface area contributed by atoms with Crippen molar-refractivity contribution >= 4 is 77.1 Å². The van der Waals surface area contributed by atoms with E-state index < -0.39 is 16.1 Å². The molecule has 172 valence electrons. The van der Waals surface area contributed by atoms with Crippen LogP contribution in [0.15, 0.2) is 54.2 Å². The predicted octanol–water partition coefficient (Wildman–Crippen LogP) is 4.99. The lowest BCUT2D eigenvalue weighted by atomic mass is 10.3. The van der Waals surface area contributed by atoms with Gasteiger partial charge in [0.15, 0.2) is 5.13 Å². The number of halogens is 1. The van der Waals surface area contributed by atoms with Crippen molar-refractivity contribution in [3.63, 3.8) is 0 Å². The van der Waals surface area contributed by atoms with Gasteiger partial charge in [-0.15, -0.1) is 27.0 Å². The molecule has 4 rings (SSSR count). The van der Waals surface area contributed by atoms with Crippen LogP contribution in [0, 0.1) is 0 Å². The summed E-state index contributed by atoms with van der Waals surface area (Å²) in [6.07, 6.45) is 4.93. The summed E-state index contributed by atoms with van der Waals surface area (Å²) in [6.45, 7) is 0.628. The van der Waals surface area contributed by atoms with Crippen LogP contribution in [-0.4, -0.2) is 37.2 Å². The Bertz CT molecular complexity index is 1390. The Labute approximate surface area is 203 Å². The molecule has 0 aliphatic rings. The van der Waals surface area contributed by atoms with Gasteiger partial charge in [0.05, 0.1) is 11.9 Å². The van der Waals surface area contributed by atoms with Crippen LogP contribution in [0.2, 0.25) is 5.02 Å². The van der Waals surface area contributed by atoms with Crippen LogP contribution in [0.1, 0.15) is 4.88 Å². The van der Waals surface area contributed by atoms with Crippen molar-refractivity contribution in [2.75, 3.05) is 28.5 Å². The predicted molar refractivity (Wildman–Crippen MR) is 133 cm³/mol. The molecule has 0 spiro atoms. The van der Waals surface area contributed by atoms with Crippen LogP contribution in [0.25, 0.3) is 10.1 Å². The third-order valence-electron chi connectivity index (χ3n) is 4.25. The summed E-state index contributed by atoms with van der Waals surface area (Å²) in [5.41, 5.74) is 0.154. The number of urea groups is 1. The Balaban J connectivity index is 1.40. The summed E-state index contributed by atoms with van der Waals surface area (Å²) in [7, 11) is -3.97. The Kier molecular flexibility index (Phi) is 7.10. The first kappa shape index (κ1) is 23.4. The van der Waals surface area contributed by atoms with E-state index in [2.05, 4.69) is 20.6 Å². The SMILES string of the molecule is CS(=O)(=O)ON(C(=O)Nc1ncc(CCNc2nccc3sccc23)s1)c1cccc(Cl)c1. The van der Waals surface area contributed by atoms with Crippen molar-refractivity contribution in [1.82, 2.24) is 9.97 Å². The van der Waals surface area contributed by atoms with Gasteiger partial charge in [-0.25, -0.2) is 14.8 Å². The summed E-state index contributed by atoms with van der Waals surface area (Å²) in [6, 6.07) is 9.25. The number of rotatable bonds is 8. The number of nitrogens with zero attached hydrogens (tertiary/aromatic N) is 3. The molecule has 3 heterocycles. The third-order valence-corrected chi connectivity index (χ3v) is 6.76. The highest BCUT2D eigenvalue weighted by Gasteiger charge is 2.23. The number of carbonyl (C=O) groups is 1. The molecule has 0 fully saturated rings. The van der Waals surface area contributed by atoms with E-state index in [1.165, 1.54) is 23.5 Å². The van der Waals surface area contributed by atoms with Crippen LogP contribution < -0.4 is 15.7 Å². The topological polar surface area (TPSA) is 114 Å². The van der Waals surface area contributed by atoms with Crippen molar-refractivity contribution in [2.24, 2.45) is 0 Å². The molecule has 3 aromatic heterocycles. The molecule has 1 aromatic carbocycles. The molecule has 4 aromatic rings. The van der Waals surface area contributed by atoms with Gasteiger partial charge in [0.1, 0.15) is 5.82 Å². The largest absolute Gasteiger partial charge is 0.369 e. The number of fused-ring (bicyclic) bond motifs is 1. The van der Waals surface area contributed by atoms with Gasteiger partial charge in [0, 0.05) is 45.3 Å². The maximum absolute atomic E-state index is 12.7. The third kappa shape index (κ3) is 6.18. The van der Waals surface area contributed by atoms with Crippen molar-refractivity contribution < 1.29 is 17.5 Å². The number of hydrogen-bond donors (Lipinski definition) is 2. The molecular formula is C20H18ClN5O4S3. The minimum atomic E-state index is -3.97. The molecule has 0 bridgehead atoms. The van der Waals surface area contributed by atoms with Crippen LogP contribution in [0.3, 0.4) is 0 Å². The zero-order chi connectivity index (χ0) is 23.4. The molecule has 2 amide bonds. The molecule has 0 aliphatic heterocycles. The standard InChI is InChI=1S/C20H18ClN5O4S3/c1-33(28,29)30-26(14-4-2-3-13(21)11-14)20(27)25-19-24-12-15(32-19)5-8-22-18-16-7-10-31-17(16)6-9-23-18/h2-4,6-7,9-12H,5,8H2,1H3,(H,22,23)(H,24,25,27). The molecular weight excluding hydrogens is 506 g/mol. The smallest absolute Gasteiger partial charge is 0.353 e. The van der Waals surface area contributed by atoms with E-state index in [9.17, 15) is 13.2 Å². The second kappa shape index (κ2) is 10.0. The van der Waals surface area contributed by atoms with Gasteiger partial charge in [-0.3, -0.25) is 5.32 Å². The maximum atomic E-state index is 12.7. The van der Waals surface area contributed by atoms with Gasteiger partial charge < -0.3 is 5.32 Å². The van der Waals surface area contributed by atoms with Crippen LogP contribution in [0.5, 0.6) is 0 Å². The van der Waals surface area contributed by atoms with E-state index in [1.807, 2.05) is 17.5 Å². The number of amides is 2. The second-order valence-electron chi connectivity index (χ2n) is 6.78. The lowest BCUT2D eigenvalue weighted by molar-refractivity contribution is 0.227. The second-order valence-corrected chi connectivity index (χ2v) is 10.8. The van der Waals surface area contributed by atoms with Crippen molar-refractivity contribution in [2.45, 2.75) is 6.42 Å². The molecule has 2 N–H and O–H groups in total. The summed E-state index contributed by atoms with van der Waals surface area (Å²) < 4.78 is 29.3. The minimum Gasteiger partial charge on any atom is -0.369 e. The minimum absolute atomic E-state index is 0.154. The molecule has 0 saturated heterocycles. The average Bonchev–Trinajstić information content (AvgIpc) is 3.41. The van der Waals surface area contributed by atoms with Gasteiger partial charge >= 0.3 is 6.03 Å². The normalized spacial score (nSPS) is 11.5. The van der Waals surface area contributed by atoms with Gasteiger partial charge in [-0.05, 0) is 35.7 Å². The Morgan fingerprint density at radius 2 is 2.09 bits per heavy atom. The van der Waals surface area contributed by atoms with E-state index in [-0.39, 0.29) is 5.69 Å². The zero-order valence-electron chi connectivity index (χ0n) is 17.2. The molecule has 0 unspecified atom stereocenters. The highest BCUT2D eigenvalue weighted by molar-refractivity contribution is 7.86. The molecule has 9 nitrogen and oxygen atoms in total. The number of hydrogen-bond acceptors (Lipinski definition) is 9. The molecule has 33 heavy (non-hydrogen) atoms. The molecule has 0 atom stereocenters. The van der Waals surface area contributed by atoms with Crippen molar-refractivity contribution in [3.05, 3.63) is 64.1 Å². The van der Waals surface area contributed by atoms with Gasteiger partial charge in [0.2, 0.25) is 0 Å². The molecule has 0 aliphatic carbocycles. The number of hydroxylamine groups is 1. The highest BCUT2D eigenvalue weighted by Crippen LogP contribution is 2.26. The fourth-order valence-electron chi connectivity index (χ4n) is 2.89. The Hall–Kier alpha value is -2.77. The summed E-state index contributed by atoms with van der Waals surface area (Å²) in [5.74, 6) is 0.821. The van der Waals surface area contributed by atoms with E-state index >= 15 is 0 Å². The fourth-order valence-corrected chi connectivity index (χ4v) is 5.09. The van der Waals surface area contributed by atoms with E-state index in [0.29, 0.717) is 28.2 Å². The maximum Gasteiger partial charge on any atom is 0.353 e. The highest BCUT2D eigenvalue weighted by atomic mass is 35.5. The monoisotopic (exact) mass is 523 g/mol.